The second kappa shape index (κ2) is 9.79. The van der Waals surface area contributed by atoms with Crippen molar-refractivity contribution in [2.24, 2.45) is 0 Å². The van der Waals surface area contributed by atoms with E-state index in [1.165, 1.54) is 25.3 Å². The van der Waals surface area contributed by atoms with E-state index in [9.17, 15) is 18.0 Å². The average Bonchev–Trinajstić information content (AvgIpc) is 2.64. The minimum Gasteiger partial charge on any atom is -0.459 e. The molecule has 0 saturated carbocycles. The number of nitrogens with zero attached hydrogens (tertiary/aromatic N) is 1. The fourth-order valence-corrected chi connectivity index (χ4v) is 2.84. The molecule has 1 aromatic carbocycles. The summed E-state index contributed by atoms with van der Waals surface area (Å²) < 4.78 is 36.0. The molecule has 27 heavy (non-hydrogen) atoms. The Morgan fingerprint density at radius 2 is 1.81 bits per heavy atom. The zero-order valence-corrected chi connectivity index (χ0v) is 15.6. The molecule has 1 heterocycles. The maximum atomic E-state index is 12.0. The van der Waals surface area contributed by atoms with Crippen molar-refractivity contribution in [3.63, 3.8) is 0 Å². The average molecular weight is 392 g/mol. The Balaban J connectivity index is 1.80. The van der Waals surface area contributed by atoms with E-state index < -0.39 is 21.9 Å². The van der Waals surface area contributed by atoms with Crippen LogP contribution < -0.4 is 4.72 Å². The van der Waals surface area contributed by atoms with Crippen LogP contribution in [0.3, 0.4) is 0 Å². The molecular formula is C18H20N2O6S. The Bertz CT molecular complexity index is 866. The summed E-state index contributed by atoms with van der Waals surface area (Å²) in [4.78, 5) is 26.7. The van der Waals surface area contributed by atoms with Gasteiger partial charge in [-0.25, -0.2) is 13.1 Å². The molecule has 0 radical (unpaired) electrons. The molecule has 0 bridgehead atoms. The predicted molar refractivity (Wildman–Crippen MR) is 97.1 cm³/mol. The number of carbonyl (C=O) groups is 2. The topological polar surface area (TPSA) is 112 Å². The van der Waals surface area contributed by atoms with Crippen LogP contribution in [0.5, 0.6) is 0 Å². The summed E-state index contributed by atoms with van der Waals surface area (Å²) in [5, 5.41) is 0. The number of nitrogens with one attached hydrogen (secondary N) is 1. The third-order valence-electron chi connectivity index (χ3n) is 3.37. The van der Waals surface area contributed by atoms with Gasteiger partial charge in [-0.15, -0.1) is 0 Å². The predicted octanol–water partition coefficient (Wildman–Crippen LogP) is 1.42. The number of esters is 1. The van der Waals surface area contributed by atoms with Gasteiger partial charge in [0.25, 0.3) is 5.91 Å². The third kappa shape index (κ3) is 7.55. The van der Waals surface area contributed by atoms with Crippen molar-refractivity contribution in [3.05, 3.63) is 65.5 Å². The van der Waals surface area contributed by atoms with Crippen molar-refractivity contribution in [2.45, 2.75) is 20.1 Å². The van der Waals surface area contributed by atoms with E-state index in [-0.39, 0.29) is 31.1 Å². The lowest BCUT2D eigenvalue weighted by Crippen LogP contribution is -2.34. The van der Waals surface area contributed by atoms with Crippen molar-refractivity contribution >= 4 is 21.9 Å². The quantitative estimate of drug-likeness (QED) is 0.507. The second-order valence-corrected chi connectivity index (χ2v) is 7.45. The minimum atomic E-state index is -3.84. The molecule has 8 nitrogen and oxygen atoms in total. The SMILES string of the molecule is CC(=O)OCc1ccc(C(=O)NS(=O)(=O)CCOCc2ccccc2)cn1. The highest BCUT2D eigenvalue weighted by molar-refractivity contribution is 7.90. The van der Waals surface area contributed by atoms with Crippen LogP contribution in [0.4, 0.5) is 0 Å². The number of pyridine rings is 1. The smallest absolute Gasteiger partial charge is 0.303 e. The molecule has 0 aliphatic heterocycles. The van der Waals surface area contributed by atoms with E-state index in [4.69, 9.17) is 9.47 Å². The first-order valence-electron chi connectivity index (χ1n) is 8.10. The molecule has 2 aromatic rings. The van der Waals surface area contributed by atoms with Crippen LogP contribution in [0.1, 0.15) is 28.5 Å². The first kappa shape index (κ1) is 20.5. The molecule has 9 heteroatoms. The second-order valence-electron chi connectivity index (χ2n) is 5.61. The highest BCUT2D eigenvalue weighted by atomic mass is 32.2. The van der Waals surface area contributed by atoms with Crippen molar-refractivity contribution in [3.8, 4) is 0 Å². The fourth-order valence-electron chi connectivity index (χ4n) is 2.00. The van der Waals surface area contributed by atoms with Crippen LogP contribution in [0.15, 0.2) is 48.7 Å². The molecule has 2 rings (SSSR count). The van der Waals surface area contributed by atoms with Gasteiger partial charge in [-0.05, 0) is 17.7 Å². The maximum absolute atomic E-state index is 12.0. The Labute approximate surface area is 157 Å². The van der Waals surface area contributed by atoms with Crippen LogP contribution >= 0.6 is 0 Å². The Kier molecular flexibility index (Phi) is 7.44. The number of hydrogen-bond acceptors (Lipinski definition) is 7. The van der Waals surface area contributed by atoms with Gasteiger partial charge in [0.05, 0.1) is 30.2 Å². The highest BCUT2D eigenvalue weighted by Gasteiger charge is 2.16. The molecule has 0 unspecified atom stereocenters. The highest BCUT2D eigenvalue weighted by Crippen LogP contribution is 2.04. The fraction of sp³-hybridized carbons (Fsp3) is 0.278. The number of amides is 1. The standard InChI is InChI=1S/C18H20N2O6S/c1-14(21)26-13-17-8-7-16(11-19-17)18(22)20-27(23,24)10-9-25-12-15-5-3-2-4-6-15/h2-8,11H,9-10,12-13H2,1H3,(H,20,22). The number of aromatic nitrogens is 1. The van der Waals surface area contributed by atoms with Gasteiger partial charge in [0.2, 0.25) is 10.0 Å². The zero-order valence-electron chi connectivity index (χ0n) is 14.8. The van der Waals surface area contributed by atoms with Gasteiger partial charge >= 0.3 is 5.97 Å². The van der Waals surface area contributed by atoms with E-state index in [2.05, 4.69) is 4.98 Å². The normalized spacial score (nSPS) is 11.0. The number of sulfonamides is 1. The Morgan fingerprint density at radius 3 is 2.44 bits per heavy atom. The van der Waals surface area contributed by atoms with Gasteiger partial charge < -0.3 is 9.47 Å². The summed E-state index contributed by atoms with van der Waals surface area (Å²) in [5.74, 6) is -1.58. The molecule has 144 valence electrons. The lowest BCUT2D eigenvalue weighted by Gasteiger charge is -2.08. The molecule has 1 aromatic heterocycles. The van der Waals surface area contributed by atoms with Gasteiger partial charge in [0, 0.05) is 13.1 Å². The molecular weight excluding hydrogens is 372 g/mol. The van der Waals surface area contributed by atoms with Gasteiger partial charge in [-0.1, -0.05) is 30.3 Å². The first-order valence-corrected chi connectivity index (χ1v) is 9.76. The van der Waals surface area contributed by atoms with Crippen LogP contribution in [0.2, 0.25) is 0 Å². The number of rotatable bonds is 9. The molecule has 0 spiro atoms. The maximum Gasteiger partial charge on any atom is 0.303 e. The van der Waals surface area contributed by atoms with E-state index >= 15 is 0 Å². The number of carbonyl (C=O) groups excluding carboxylic acids is 2. The van der Waals surface area contributed by atoms with Crippen LogP contribution in [0.25, 0.3) is 0 Å². The third-order valence-corrected chi connectivity index (χ3v) is 4.57. The summed E-state index contributed by atoms with van der Waals surface area (Å²) in [6, 6.07) is 12.2. The molecule has 0 aliphatic rings. The van der Waals surface area contributed by atoms with Crippen molar-refractivity contribution in [1.82, 2.24) is 9.71 Å². The summed E-state index contributed by atoms with van der Waals surface area (Å²) in [6.07, 6.45) is 1.22. The van der Waals surface area contributed by atoms with Crippen molar-refractivity contribution in [2.75, 3.05) is 12.4 Å². The molecule has 1 N–H and O–H groups in total. The van der Waals surface area contributed by atoms with Crippen molar-refractivity contribution in [1.29, 1.82) is 0 Å². The lowest BCUT2D eigenvalue weighted by molar-refractivity contribution is -0.142. The van der Waals surface area contributed by atoms with Gasteiger partial charge in [0.15, 0.2) is 0 Å². The molecule has 1 amide bonds. The van der Waals surface area contributed by atoms with E-state index in [1.807, 2.05) is 35.1 Å². The number of hydrogen-bond donors (Lipinski definition) is 1. The van der Waals surface area contributed by atoms with Crippen LogP contribution in [0, 0.1) is 0 Å². The molecule has 0 saturated heterocycles. The van der Waals surface area contributed by atoms with E-state index in [0.717, 1.165) is 5.56 Å². The van der Waals surface area contributed by atoms with Gasteiger partial charge in [-0.3, -0.25) is 14.6 Å². The first-order chi connectivity index (χ1) is 12.9. The zero-order chi connectivity index (χ0) is 19.7. The van der Waals surface area contributed by atoms with Crippen molar-refractivity contribution < 1.29 is 27.5 Å². The molecule has 0 fully saturated rings. The largest absolute Gasteiger partial charge is 0.459 e. The number of ether oxygens (including phenoxy) is 2. The summed E-state index contributed by atoms with van der Waals surface area (Å²) in [7, 11) is -3.84. The minimum absolute atomic E-state index is 0.0196. The van der Waals surface area contributed by atoms with E-state index in [0.29, 0.717) is 5.69 Å². The van der Waals surface area contributed by atoms with Crippen LogP contribution in [-0.4, -0.2) is 37.6 Å². The lowest BCUT2D eigenvalue weighted by atomic mass is 10.2. The van der Waals surface area contributed by atoms with Crippen LogP contribution in [-0.2, 0) is 37.5 Å². The monoisotopic (exact) mass is 392 g/mol. The van der Waals surface area contributed by atoms with Gasteiger partial charge in [0.1, 0.15) is 6.61 Å². The number of benzene rings is 1. The summed E-state index contributed by atoms with van der Waals surface area (Å²) in [5.41, 5.74) is 1.45. The Hall–Kier alpha value is -2.78. The molecule has 0 aliphatic carbocycles. The Morgan fingerprint density at radius 1 is 1.07 bits per heavy atom. The summed E-state index contributed by atoms with van der Waals surface area (Å²) in [6.45, 7) is 1.50. The van der Waals surface area contributed by atoms with Gasteiger partial charge in [-0.2, -0.15) is 0 Å². The van der Waals surface area contributed by atoms with E-state index in [1.54, 1.807) is 0 Å². The molecule has 0 atom stereocenters. The summed E-state index contributed by atoms with van der Waals surface area (Å²) >= 11 is 0.